The summed E-state index contributed by atoms with van der Waals surface area (Å²) in [7, 11) is 1.54. The lowest BCUT2D eigenvalue weighted by Crippen LogP contribution is -2.24. The van der Waals surface area contributed by atoms with Gasteiger partial charge in [0.2, 0.25) is 0 Å². The Kier molecular flexibility index (Phi) is 4.40. The fourth-order valence-corrected chi connectivity index (χ4v) is 1.80. The fourth-order valence-electron chi connectivity index (χ4n) is 1.36. The van der Waals surface area contributed by atoms with Crippen LogP contribution in [0.5, 0.6) is 0 Å². The maximum absolute atomic E-state index is 12.1. The molecule has 0 bridgehead atoms. The highest BCUT2D eigenvalue weighted by Crippen LogP contribution is 2.28. The maximum atomic E-state index is 12.1. The molecule has 0 spiro atoms. The lowest BCUT2D eigenvalue weighted by molar-refractivity contribution is -0.132. The first-order valence-electron chi connectivity index (χ1n) is 4.81. The van der Waals surface area contributed by atoms with Crippen molar-refractivity contribution in [1.82, 2.24) is 0 Å². The van der Waals surface area contributed by atoms with Gasteiger partial charge in [-0.1, -0.05) is 6.07 Å². The summed E-state index contributed by atoms with van der Waals surface area (Å²) in [4.78, 5) is 1.43. The number of hydrogen-bond donors (Lipinski definition) is 0. The van der Waals surface area contributed by atoms with Gasteiger partial charge in [-0.05, 0) is 28.1 Å². The Morgan fingerprint density at radius 2 is 2.06 bits per heavy atom. The Morgan fingerprint density at radius 3 is 2.59 bits per heavy atom. The smallest absolute Gasteiger partial charge is 0.373 e. The van der Waals surface area contributed by atoms with Crippen molar-refractivity contribution in [3.8, 4) is 6.07 Å². The van der Waals surface area contributed by atoms with Gasteiger partial charge in [-0.15, -0.1) is 0 Å². The number of nitrogens with zero attached hydrogens (tertiary/aromatic N) is 2. The standard InChI is InChI=1S/C11H10BrF3N2/c1-17(6-5-11(13,14)15)10-4-2-3-9(12)8(10)7-16/h2-4H,5-6H2,1H3. The van der Waals surface area contributed by atoms with E-state index in [9.17, 15) is 13.2 Å². The van der Waals surface area contributed by atoms with Crippen molar-refractivity contribution in [3.05, 3.63) is 28.2 Å². The molecule has 92 valence electrons. The highest BCUT2D eigenvalue weighted by atomic mass is 79.9. The summed E-state index contributed by atoms with van der Waals surface area (Å²) in [5.74, 6) is 0. The molecule has 0 atom stereocenters. The monoisotopic (exact) mass is 306 g/mol. The van der Waals surface area contributed by atoms with Gasteiger partial charge >= 0.3 is 6.18 Å². The minimum atomic E-state index is -4.19. The van der Waals surface area contributed by atoms with E-state index in [2.05, 4.69) is 15.9 Å². The quantitative estimate of drug-likeness (QED) is 0.851. The van der Waals surface area contributed by atoms with Gasteiger partial charge in [-0.3, -0.25) is 0 Å². The van der Waals surface area contributed by atoms with E-state index in [1.165, 1.54) is 11.9 Å². The van der Waals surface area contributed by atoms with Gasteiger partial charge in [0.1, 0.15) is 6.07 Å². The van der Waals surface area contributed by atoms with E-state index >= 15 is 0 Å². The van der Waals surface area contributed by atoms with Crippen molar-refractivity contribution in [2.45, 2.75) is 12.6 Å². The van der Waals surface area contributed by atoms with Gasteiger partial charge in [0.25, 0.3) is 0 Å². The molecule has 0 aliphatic carbocycles. The minimum Gasteiger partial charge on any atom is -0.373 e. The average molecular weight is 307 g/mol. The predicted molar refractivity (Wildman–Crippen MR) is 62.8 cm³/mol. The summed E-state index contributed by atoms with van der Waals surface area (Å²) in [5, 5.41) is 8.95. The van der Waals surface area contributed by atoms with E-state index in [1.807, 2.05) is 6.07 Å². The minimum absolute atomic E-state index is 0.172. The third kappa shape index (κ3) is 3.93. The van der Waals surface area contributed by atoms with Crippen LogP contribution in [-0.2, 0) is 0 Å². The van der Waals surface area contributed by atoms with Crippen LogP contribution in [-0.4, -0.2) is 19.8 Å². The number of halogens is 4. The first-order valence-corrected chi connectivity index (χ1v) is 5.61. The molecule has 0 saturated heterocycles. The molecule has 0 radical (unpaired) electrons. The van der Waals surface area contributed by atoms with E-state index in [-0.39, 0.29) is 6.54 Å². The van der Waals surface area contributed by atoms with Crippen LogP contribution in [0.25, 0.3) is 0 Å². The SMILES string of the molecule is CN(CCC(F)(F)F)c1cccc(Br)c1C#N. The third-order valence-electron chi connectivity index (χ3n) is 2.25. The van der Waals surface area contributed by atoms with Gasteiger partial charge in [-0.2, -0.15) is 18.4 Å². The zero-order valence-corrected chi connectivity index (χ0v) is 10.6. The Labute approximate surface area is 106 Å². The normalized spacial score (nSPS) is 11.1. The summed E-state index contributed by atoms with van der Waals surface area (Å²) >= 11 is 3.19. The molecule has 0 N–H and O–H groups in total. The fraction of sp³-hybridized carbons (Fsp3) is 0.364. The summed E-state index contributed by atoms with van der Waals surface area (Å²) in [6, 6.07) is 6.96. The molecule has 6 heteroatoms. The van der Waals surface area contributed by atoms with Crippen LogP contribution in [0, 0.1) is 11.3 Å². The molecule has 2 nitrogen and oxygen atoms in total. The Bertz CT molecular complexity index is 437. The second-order valence-electron chi connectivity index (χ2n) is 3.53. The van der Waals surface area contributed by atoms with Gasteiger partial charge in [0.15, 0.2) is 0 Å². The van der Waals surface area contributed by atoms with Crippen LogP contribution in [0.1, 0.15) is 12.0 Å². The molecule has 17 heavy (non-hydrogen) atoms. The van der Waals surface area contributed by atoms with E-state index in [0.29, 0.717) is 15.7 Å². The van der Waals surface area contributed by atoms with Gasteiger partial charge in [0.05, 0.1) is 17.7 Å². The van der Waals surface area contributed by atoms with Crippen molar-refractivity contribution in [2.75, 3.05) is 18.5 Å². The zero-order chi connectivity index (χ0) is 13.1. The van der Waals surface area contributed by atoms with Crippen LogP contribution in [0.3, 0.4) is 0 Å². The number of alkyl halides is 3. The molecular formula is C11H10BrF3N2. The molecule has 0 aliphatic heterocycles. The first kappa shape index (κ1) is 13.8. The van der Waals surface area contributed by atoms with Crippen LogP contribution in [0.2, 0.25) is 0 Å². The Morgan fingerprint density at radius 1 is 1.41 bits per heavy atom. The second kappa shape index (κ2) is 5.41. The van der Waals surface area contributed by atoms with Crippen molar-refractivity contribution in [1.29, 1.82) is 5.26 Å². The zero-order valence-electron chi connectivity index (χ0n) is 9.05. The maximum Gasteiger partial charge on any atom is 0.390 e. The molecule has 0 fully saturated rings. The molecule has 1 aromatic rings. The molecule has 0 heterocycles. The van der Waals surface area contributed by atoms with Crippen molar-refractivity contribution >= 4 is 21.6 Å². The molecule has 0 saturated carbocycles. The molecule has 0 aliphatic rings. The number of nitriles is 1. The summed E-state index contributed by atoms with van der Waals surface area (Å²) in [6.07, 6.45) is -5.09. The predicted octanol–water partition coefficient (Wildman–Crippen LogP) is 3.71. The lowest BCUT2D eigenvalue weighted by Gasteiger charge is -2.21. The molecule has 0 unspecified atom stereocenters. The highest BCUT2D eigenvalue weighted by Gasteiger charge is 2.27. The van der Waals surface area contributed by atoms with Crippen LogP contribution < -0.4 is 4.90 Å². The largest absolute Gasteiger partial charge is 0.390 e. The molecule has 0 aromatic heterocycles. The molecule has 1 aromatic carbocycles. The number of anilines is 1. The van der Waals surface area contributed by atoms with Crippen LogP contribution >= 0.6 is 15.9 Å². The average Bonchev–Trinajstić information content (AvgIpc) is 2.24. The highest BCUT2D eigenvalue weighted by molar-refractivity contribution is 9.10. The first-order chi connectivity index (χ1) is 7.85. The van der Waals surface area contributed by atoms with E-state index in [1.54, 1.807) is 18.2 Å². The Balaban J connectivity index is 2.87. The van der Waals surface area contributed by atoms with E-state index in [0.717, 1.165) is 0 Å². The van der Waals surface area contributed by atoms with Crippen molar-refractivity contribution < 1.29 is 13.2 Å². The number of rotatable bonds is 3. The Hall–Kier alpha value is -1.22. The summed E-state index contributed by atoms with van der Waals surface area (Å²) in [5.41, 5.74) is 0.836. The topological polar surface area (TPSA) is 27.0 Å². The number of hydrogen-bond acceptors (Lipinski definition) is 2. The summed E-state index contributed by atoms with van der Waals surface area (Å²) in [6.45, 7) is -0.172. The van der Waals surface area contributed by atoms with Gasteiger partial charge in [-0.25, -0.2) is 0 Å². The second-order valence-corrected chi connectivity index (χ2v) is 4.39. The third-order valence-corrected chi connectivity index (χ3v) is 2.91. The van der Waals surface area contributed by atoms with E-state index in [4.69, 9.17) is 5.26 Å². The van der Waals surface area contributed by atoms with Gasteiger partial charge in [0, 0.05) is 18.1 Å². The number of benzene rings is 1. The molecule has 1 rings (SSSR count). The van der Waals surface area contributed by atoms with Crippen LogP contribution in [0.15, 0.2) is 22.7 Å². The van der Waals surface area contributed by atoms with Crippen molar-refractivity contribution in [2.24, 2.45) is 0 Å². The molecule has 0 amide bonds. The molecular weight excluding hydrogens is 297 g/mol. The van der Waals surface area contributed by atoms with Gasteiger partial charge < -0.3 is 4.90 Å². The summed E-state index contributed by atoms with van der Waals surface area (Å²) < 4.78 is 36.9. The van der Waals surface area contributed by atoms with Crippen molar-refractivity contribution in [3.63, 3.8) is 0 Å². The van der Waals surface area contributed by atoms with Crippen LogP contribution in [0.4, 0.5) is 18.9 Å². The lowest BCUT2D eigenvalue weighted by atomic mass is 10.2. The van der Waals surface area contributed by atoms with E-state index < -0.39 is 12.6 Å².